The maximum Gasteiger partial charge on any atom is 0.228 e. The van der Waals surface area contributed by atoms with Gasteiger partial charge in [0.2, 0.25) is 6.29 Å². The van der Waals surface area contributed by atoms with Crippen molar-refractivity contribution >= 4 is 22.5 Å². The van der Waals surface area contributed by atoms with E-state index in [9.17, 15) is 15.3 Å². The largest absolute Gasteiger partial charge is 0.462 e. The van der Waals surface area contributed by atoms with Crippen molar-refractivity contribution in [2.75, 3.05) is 12.4 Å². The predicted molar refractivity (Wildman–Crippen MR) is 93.4 cm³/mol. The molecule has 0 unspecified atom stereocenters. The van der Waals surface area contributed by atoms with Gasteiger partial charge < -0.3 is 24.8 Å². The summed E-state index contributed by atoms with van der Waals surface area (Å²) in [5, 5.41) is 31.3. The van der Waals surface area contributed by atoms with Crippen molar-refractivity contribution in [2.45, 2.75) is 42.8 Å². The van der Waals surface area contributed by atoms with Crippen molar-refractivity contribution in [3.05, 3.63) is 36.4 Å². The highest BCUT2D eigenvalue weighted by molar-refractivity contribution is 7.99. The second kappa shape index (κ2) is 7.72. The molecule has 0 spiro atoms. The maximum atomic E-state index is 9.94. The smallest absolute Gasteiger partial charge is 0.228 e. The van der Waals surface area contributed by atoms with E-state index >= 15 is 0 Å². The Hall–Kier alpha value is -1.31. The molecular weight excluding hydrogens is 328 g/mol. The number of aliphatic hydroxyl groups excluding tert-OH is 3. The van der Waals surface area contributed by atoms with E-state index in [1.165, 1.54) is 4.90 Å². The van der Waals surface area contributed by atoms with Gasteiger partial charge in [-0.3, -0.25) is 0 Å². The van der Waals surface area contributed by atoms with E-state index in [1.54, 1.807) is 0 Å². The lowest BCUT2D eigenvalue weighted by Crippen LogP contribution is -2.54. The van der Waals surface area contributed by atoms with E-state index in [4.69, 9.17) is 9.47 Å². The Labute approximate surface area is 145 Å². The number of hydrogen-bond donors (Lipinski definition) is 3. The van der Waals surface area contributed by atoms with Crippen LogP contribution in [-0.2, 0) is 4.74 Å². The Morgan fingerprint density at radius 2 is 1.83 bits per heavy atom. The average molecular weight is 350 g/mol. The summed E-state index contributed by atoms with van der Waals surface area (Å²) in [5.74, 6) is 1.64. The van der Waals surface area contributed by atoms with Crippen molar-refractivity contribution in [2.24, 2.45) is 0 Å². The van der Waals surface area contributed by atoms with Crippen molar-refractivity contribution in [1.82, 2.24) is 0 Å². The van der Waals surface area contributed by atoms with Gasteiger partial charge in [0.25, 0.3) is 0 Å². The van der Waals surface area contributed by atoms with E-state index in [2.05, 4.69) is 19.1 Å². The van der Waals surface area contributed by atoms with Crippen molar-refractivity contribution in [3.63, 3.8) is 0 Å². The average Bonchev–Trinajstić information content (AvgIpc) is 2.60. The Bertz CT molecular complexity index is 692. The zero-order valence-electron chi connectivity index (χ0n) is 13.5. The summed E-state index contributed by atoms with van der Waals surface area (Å²) < 4.78 is 10.9. The summed E-state index contributed by atoms with van der Waals surface area (Å²) in [6.45, 7) is 2.09. The number of aliphatic hydroxyl groups is 3. The van der Waals surface area contributed by atoms with Gasteiger partial charge in [-0.25, -0.2) is 0 Å². The molecule has 2 aromatic carbocycles. The number of thioether (sulfide) groups is 1. The van der Waals surface area contributed by atoms with Crippen LogP contribution in [0.4, 0.5) is 0 Å². The minimum absolute atomic E-state index is 0.0749. The normalized spacial score (nSPS) is 27.3. The summed E-state index contributed by atoms with van der Waals surface area (Å²) >= 11 is 1.83. The molecule has 24 heavy (non-hydrogen) atoms. The van der Waals surface area contributed by atoms with Gasteiger partial charge in [-0.1, -0.05) is 19.1 Å². The van der Waals surface area contributed by atoms with Crippen LogP contribution in [0.5, 0.6) is 5.75 Å². The van der Waals surface area contributed by atoms with E-state index < -0.39 is 24.6 Å². The Morgan fingerprint density at radius 1 is 1.08 bits per heavy atom. The fraction of sp³-hybridized carbons (Fsp3) is 0.444. The number of rotatable bonds is 5. The molecule has 3 N–H and O–H groups in total. The molecule has 0 radical (unpaired) electrons. The van der Waals surface area contributed by atoms with Gasteiger partial charge in [-0.2, -0.15) is 0 Å². The summed E-state index contributed by atoms with van der Waals surface area (Å²) in [6.07, 6.45) is -3.53. The van der Waals surface area contributed by atoms with Crippen LogP contribution in [0.15, 0.2) is 41.3 Å². The first kappa shape index (κ1) is 17.5. The lowest BCUT2D eigenvalue weighted by molar-refractivity contribution is -0.242. The van der Waals surface area contributed by atoms with Crippen LogP contribution >= 0.6 is 11.8 Å². The molecule has 5 nitrogen and oxygen atoms in total. The summed E-state index contributed by atoms with van der Waals surface area (Å²) in [4.78, 5) is 1.24. The molecule has 1 saturated heterocycles. The number of hydrogen-bond acceptors (Lipinski definition) is 6. The highest BCUT2D eigenvalue weighted by Crippen LogP contribution is 2.28. The second-order valence-electron chi connectivity index (χ2n) is 5.89. The molecule has 2 aromatic rings. The van der Waals surface area contributed by atoms with Crippen molar-refractivity contribution < 1.29 is 24.8 Å². The van der Waals surface area contributed by atoms with Crippen molar-refractivity contribution in [3.8, 4) is 5.75 Å². The van der Waals surface area contributed by atoms with Crippen LogP contribution in [-0.4, -0.2) is 52.3 Å². The Morgan fingerprint density at radius 3 is 2.62 bits per heavy atom. The summed E-state index contributed by atoms with van der Waals surface area (Å²) in [6, 6.07) is 11.9. The predicted octanol–water partition coefficient (Wildman–Crippen LogP) is 2.16. The maximum absolute atomic E-state index is 9.94. The first-order valence-corrected chi connectivity index (χ1v) is 9.06. The molecule has 0 amide bonds. The van der Waals surface area contributed by atoms with Crippen molar-refractivity contribution in [1.29, 1.82) is 0 Å². The van der Waals surface area contributed by atoms with Crippen LogP contribution in [0.2, 0.25) is 0 Å². The third-order valence-corrected chi connectivity index (χ3v) is 5.16. The van der Waals surface area contributed by atoms with Gasteiger partial charge in [-0.05, 0) is 47.2 Å². The standard InChI is InChI=1S/C18H22O5S/c1-2-7-24-14-6-4-11-8-13(5-3-12(11)9-14)23-18-17(21)16(20)15(19)10-22-18/h3-6,8-9,15-21H,2,7,10H2,1H3/t15-,16+,17-,18+/m1/s1. The van der Waals surface area contributed by atoms with E-state index in [0.717, 1.165) is 22.9 Å². The molecule has 1 heterocycles. The lowest BCUT2D eigenvalue weighted by atomic mass is 10.1. The minimum Gasteiger partial charge on any atom is -0.462 e. The summed E-state index contributed by atoms with van der Waals surface area (Å²) in [5.41, 5.74) is 0. The quantitative estimate of drug-likeness (QED) is 0.717. The third kappa shape index (κ3) is 3.84. The lowest BCUT2D eigenvalue weighted by Gasteiger charge is -2.34. The second-order valence-corrected chi connectivity index (χ2v) is 7.06. The number of fused-ring (bicyclic) bond motifs is 1. The van der Waals surface area contributed by atoms with E-state index in [0.29, 0.717) is 5.75 Å². The molecule has 0 aromatic heterocycles. The van der Waals surface area contributed by atoms with Crippen LogP contribution in [0.25, 0.3) is 10.8 Å². The Balaban J connectivity index is 1.74. The molecule has 4 atom stereocenters. The molecule has 0 bridgehead atoms. The first-order valence-electron chi connectivity index (χ1n) is 8.07. The van der Waals surface area contributed by atoms with Crippen LogP contribution in [0, 0.1) is 0 Å². The molecule has 3 rings (SSSR count). The fourth-order valence-corrected chi connectivity index (χ4v) is 3.42. The topological polar surface area (TPSA) is 79.2 Å². The number of benzene rings is 2. The molecule has 6 heteroatoms. The molecule has 1 fully saturated rings. The van der Waals surface area contributed by atoms with Crippen LogP contribution < -0.4 is 4.74 Å². The van der Waals surface area contributed by atoms with Gasteiger partial charge >= 0.3 is 0 Å². The molecule has 1 aliphatic heterocycles. The van der Waals surface area contributed by atoms with Gasteiger partial charge in [-0.15, -0.1) is 11.8 Å². The third-order valence-electron chi connectivity index (χ3n) is 3.96. The molecular formula is C18H22O5S. The molecule has 1 aliphatic rings. The fourth-order valence-electron chi connectivity index (χ4n) is 2.60. The summed E-state index contributed by atoms with van der Waals surface area (Å²) in [7, 11) is 0. The van der Waals surface area contributed by atoms with Gasteiger partial charge in [0.15, 0.2) is 0 Å². The highest BCUT2D eigenvalue weighted by atomic mass is 32.2. The van der Waals surface area contributed by atoms with E-state index in [-0.39, 0.29) is 6.61 Å². The van der Waals surface area contributed by atoms with E-state index in [1.807, 2.05) is 36.0 Å². The van der Waals surface area contributed by atoms with Gasteiger partial charge in [0, 0.05) is 4.90 Å². The first-order chi connectivity index (χ1) is 11.6. The van der Waals surface area contributed by atoms with Crippen LogP contribution in [0.3, 0.4) is 0 Å². The molecule has 0 aliphatic carbocycles. The Kier molecular flexibility index (Phi) is 5.63. The molecule has 130 valence electrons. The van der Waals surface area contributed by atoms with Gasteiger partial charge in [0.1, 0.15) is 24.1 Å². The zero-order chi connectivity index (χ0) is 17.1. The zero-order valence-corrected chi connectivity index (χ0v) is 14.3. The highest BCUT2D eigenvalue weighted by Gasteiger charge is 2.38. The molecule has 0 saturated carbocycles. The van der Waals surface area contributed by atoms with Crippen LogP contribution in [0.1, 0.15) is 13.3 Å². The number of ether oxygens (including phenoxy) is 2. The monoisotopic (exact) mass is 350 g/mol. The van der Waals surface area contributed by atoms with Gasteiger partial charge in [0.05, 0.1) is 6.61 Å². The SMILES string of the molecule is CCCSc1ccc2cc(O[C@@H]3OC[C@@H](O)[C@H](O)[C@H]3O)ccc2c1. The minimum atomic E-state index is -1.29.